The van der Waals surface area contributed by atoms with Crippen LogP contribution in [-0.4, -0.2) is 15.3 Å². The molecule has 1 unspecified atom stereocenters. The summed E-state index contributed by atoms with van der Waals surface area (Å²) in [6.07, 6.45) is 0. The maximum atomic E-state index is 13.1. The maximum Gasteiger partial charge on any atom is 0.371 e. The van der Waals surface area contributed by atoms with E-state index in [0.29, 0.717) is 5.56 Å². The molecule has 1 aromatic heterocycles. The van der Waals surface area contributed by atoms with Crippen molar-refractivity contribution in [1.29, 1.82) is 0 Å². The quantitative estimate of drug-likeness (QED) is 0.936. The van der Waals surface area contributed by atoms with Gasteiger partial charge in [0.1, 0.15) is 5.82 Å². The molecule has 6 heteroatoms. The monoisotopic (exact) mass is 282 g/mol. The molecule has 1 heterocycles. The second kappa shape index (κ2) is 5.36. The van der Waals surface area contributed by atoms with E-state index in [1.165, 1.54) is 24.3 Å². The molecule has 0 saturated heterocycles. The number of furan rings is 1. The van der Waals surface area contributed by atoms with E-state index >= 15 is 0 Å². The Morgan fingerprint density at radius 1 is 1.37 bits per heavy atom. The van der Waals surface area contributed by atoms with Crippen LogP contribution in [0.25, 0.3) is 0 Å². The van der Waals surface area contributed by atoms with Gasteiger partial charge in [-0.25, -0.2) is 9.18 Å². The van der Waals surface area contributed by atoms with Crippen molar-refractivity contribution in [2.75, 3.05) is 0 Å². The topological polar surface area (TPSA) is 67.5 Å². The number of carbonyl (C=O) groups is 1. The summed E-state index contributed by atoms with van der Waals surface area (Å²) in [7, 11) is -1.55. The van der Waals surface area contributed by atoms with E-state index in [1.807, 2.05) is 0 Å². The van der Waals surface area contributed by atoms with Crippen LogP contribution in [0, 0.1) is 12.7 Å². The minimum atomic E-state index is -1.55. The number of benzene rings is 1. The lowest BCUT2D eigenvalue weighted by atomic mass is 10.1. The highest BCUT2D eigenvalue weighted by Gasteiger charge is 2.15. The van der Waals surface area contributed by atoms with E-state index in [0.717, 1.165) is 5.56 Å². The number of aromatic carboxylic acids is 1. The number of carboxylic acid groups (broad SMARTS) is 1. The molecular formula is C13H11FO4S. The van der Waals surface area contributed by atoms with Gasteiger partial charge in [0.05, 0.1) is 16.6 Å². The van der Waals surface area contributed by atoms with Crippen molar-refractivity contribution in [3.8, 4) is 0 Å². The summed E-state index contributed by atoms with van der Waals surface area (Å²) in [5, 5.41) is 8.78. The van der Waals surface area contributed by atoms with E-state index in [4.69, 9.17) is 9.52 Å². The number of rotatable bonds is 4. The Labute approximate surface area is 111 Å². The number of hydrogen-bond acceptors (Lipinski definition) is 3. The summed E-state index contributed by atoms with van der Waals surface area (Å²) in [5.74, 6) is -1.80. The Hall–Kier alpha value is -1.95. The molecule has 1 aromatic carbocycles. The standard InChI is InChI=1S/C13H11FO4S/c1-8-2-3-10(14)6-9(8)7-19(17)12-5-4-11(18-12)13(15)16/h2-6H,7H2,1H3,(H,15,16). The molecule has 0 fully saturated rings. The molecule has 19 heavy (non-hydrogen) atoms. The van der Waals surface area contributed by atoms with Crippen LogP contribution in [0.4, 0.5) is 4.39 Å². The van der Waals surface area contributed by atoms with Gasteiger partial charge in [0.25, 0.3) is 0 Å². The molecule has 0 bridgehead atoms. The molecule has 4 nitrogen and oxygen atoms in total. The molecule has 0 amide bonds. The van der Waals surface area contributed by atoms with E-state index in [9.17, 15) is 13.4 Å². The SMILES string of the molecule is Cc1ccc(F)cc1CS(=O)c1ccc(C(=O)O)o1. The van der Waals surface area contributed by atoms with Gasteiger partial charge >= 0.3 is 5.97 Å². The summed E-state index contributed by atoms with van der Waals surface area (Å²) < 4.78 is 30.1. The van der Waals surface area contributed by atoms with Crippen LogP contribution in [-0.2, 0) is 16.6 Å². The van der Waals surface area contributed by atoms with E-state index in [2.05, 4.69) is 0 Å². The number of carboxylic acids is 1. The van der Waals surface area contributed by atoms with Gasteiger partial charge in [0.15, 0.2) is 5.09 Å². The van der Waals surface area contributed by atoms with Gasteiger partial charge in [-0.05, 0) is 42.3 Å². The van der Waals surface area contributed by atoms with Gasteiger partial charge in [-0.3, -0.25) is 4.21 Å². The molecule has 2 aromatic rings. The fraction of sp³-hybridized carbons (Fsp3) is 0.154. The van der Waals surface area contributed by atoms with Crippen LogP contribution in [0.5, 0.6) is 0 Å². The predicted molar refractivity (Wildman–Crippen MR) is 66.9 cm³/mol. The number of halogens is 1. The second-order valence-corrected chi connectivity index (χ2v) is 5.37. The van der Waals surface area contributed by atoms with Crippen LogP contribution < -0.4 is 0 Å². The average molecular weight is 282 g/mol. The van der Waals surface area contributed by atoms with E-state index in [1.54, 1.807) is 13.0 Å². The highest BCUT2D eigenvalue weighted by atomic mass is 32.2. The van der Waals surface area contributed by atoms with Crippen molar-refractivity contribution in [2.24, 2.45) is 0 Å². The molecule has 0 aliphatic carbocycles. The lowest BCUT2D eigenvalue weighted by Gasteiger charge is -2.04. The molecule has 100 valence electrons. The first-order valence-corrected chi connectivity index (χ1v) is 6.76. The number of hydrogen-bond donors (Lipinski definition) is 1. The van der Waals surface area contributed by atoms with Gasteiger partial charge in [0.2, 0.25) is 5.76 Å². The lowest BCUT2D eigenvalue weighted by molar-refractivity contribution is 0.0656. The third-order valence-corrected chi connectivity index (χ3v) is 3.86. The zero-order valence-electron chi connectivity index (χ0n) is 10.1. The zero-order valence-corrected chi connectivity index (χ0v) is 10.9. The van der Waals surface area contributed by atoms with Crippen molar-refractivity contribution < 1.29 is 22.9 Å². The molecule has 1 N–H and O–H groups in total. The molecule has 0 radical (unpaired) electrons. The maximum absolute atomic E-state index is 13.1. The van der Waals surface area contributed by atoms with Crippen molar-refractivity contribution in [3.63, 3.8) is 0 Å². The summed E-state index contributed by atoms with van der Waals surface area (Å²) in [6, 6.07) is 6.85. The van der Waals surface area contributed by atoms with Gasteiger partial charge in [-0.1, -0.05) is 6.07 Å². The molecule has 0 spiro atoms. The number of aryl methyl sites for hydroxylation is 1. The predicted octanol–water partition coefficient (Wildman–Crippen LogP) is 2.73. The minimum absolute atomic E-state index is 0.0704. The Morgan fingerprint density at radius 2 is 2.11 bits per heavy atom. The Bertz CT molecular complexity index is 648. The van der Waals surface area contributed by atoms with Crippen LogP contribution >= 0.6 is 0 Å². The fourth-order valence-electron chi connectivity index (χ4n) is 1.57. The highest BCUT2D eigenvalue weighted by Crippen LogP contribution is 2.18. The van der Waals surface area contributed by atoms with E-state index < -0.39 is 22.6 Å². The van der Waals surface area contributed by atoms with Gasteiger partial charge in [-0.2, -0.15) is 0 Å². The van der Waals surface area contributed by atoms with Crippen molar-refractivity contribution in [2.45, 2.75) is 17.8 Å². The minimum Gasteiger partial charge on any atom is -0.475 e. The highest BCUT2D eigenvalue weighted by molar-refractivity contribution is 7.84. The Morgan fingerprint density at radius 3 is 2.74 bits per heavy atom. The third-order valence-electron chi connectivity index (χ3n) is 2.61. The van der Waals surface area contributed by atoms with E-state index in [-0.39, 0.29) is 16.6 Å². The normalized spacial score (nSPS) is 12.3. The van der Waals surface area contributed by atoms with Crippen molar-refractivity contribution in [3.05, 3.63) is 53.0 Å². The van der Waals surface area contributed by atoms with Crippen LogP contribution in [0.1, 0.15) is 21.7 Å². The molecule has 2 rings (SSSR count). The van der Waals surface area contributed by atoms with Gasteiger partial charge < -0.3 is 9.52 Å². The Balaban J connectivity index is 2.20. The third kappa shape index (κ3) is 3.08. The van der Waals surface area contributed by atoms with Crippen LogP contribution in [0.2, 0.25) is 0 Å². The largest absolute Gasteiger partial charge is 0.475 e. The molecule has 0 aliphatic heterocycles. The lowest BCUT2D eigenvalue weighted by Crippen LogP contribution is -1.98. The first-order chi connectivity index (χ1) is 8.97. The Kier molecular flexibility index (Phi) is 3.80. The second-order valence-electron chi connectivity index (χ2n) is 3.98. The van der Waals surface area contributed by atoms with Crippen LogP contribution in [0.15, 0.2) is 39.8 Å². The van der Waals surface area contributed by atoms with Gasteiger partial charge in [0, 0.05) is 0 Å². The summed E-state index contributed by atoms with van der Waals surface area (Å²) >= 11 is 0. The summed E-state index contributed by atoms with van der Waals surface area (Å²) in [5.41, 5.74) is 1.42. The average Bonchev–Trinajstić information content (AvgIpc) is 2.83. The summed E-state index contributed by atoms with van der Waals surface area (Å²) in [6.45, 7) is 1.79. The molecule has 0 saturated carbocycles. The molecular weight excluding hydrogens is 271 g/mol. The van der Waals surface area contributed by atoms with Crippen LogP contribution in [0.3, 0.4) is 0 Å². The van der Waals surface area contributed by atoms with Crippen molar-refractivity contribution >= 4 is 16.8 Å². The van der Waals surface area contributed by atoms with Gasteiger partial charge in [-0.15, -0.1) is 0 Å². The first-order valence-electron chi connectivity index (χ1n) is 5.44. The smallest absolute Gasteiger partial charge is 0.371 e. The first kappa shape index (κ1) is 13.5. The fourth-order valence-corrected chi connectivity index (χ4v) is 2.70. The van der Waals surface area contributed by atoms with Crippen molar-refractivity contribution in [1.82, 2.24) is 0 Å². The summed E-state index contributed by atoms with van der Waals surface area (Å²) in [4.78, 5) is 10.7. The molecule has 0 aliphatic rings. The molecule has 1 atom stereocenters. The zero-order chi connectivity index (χ0) is 14.0.